The molecule has 0 spiro atoms. The fourth-order valence-corrected chi connectivity index (χ4v) is 7.64. The number of aliphatic hydroxyl groups excluding tert-OH is 4. The van der Waals surface area contributed by atoms with Crippen LogP contribution in [0.15, 0.2) is 60.9 Å². The van der Waals surface area contributed by atoms with E-state index in [2.05, 4.69) is 6.58 Å². The van der Waals surface area contributed by atoms with Gasteiger partial charge in [-0.1, -0.05) is 18.2 Å². The summed E-state index contributed by atoms with van der Waals surface area (Å²) in [6.45, 7) is 4.68. The highest BCUT2D eigenvalue weighted by molar-refractivity contribution is 5.99. The van der Waals surface area contributed by atoms with E-state index in [4.69, 9.17) is 42.6 Å². The molecular weight excluding hydrogens is 828 g/mol. The van der Waals surface area contributed by atoms with Gasteiger partial charge in [-0.25, -0.2) is 9.59 Å². The highest BCUT2D eigenvalue weighted by Crippen LogP contribution is 2.42. The Morgan fingerprint density at radius 1 is 0.839 bits per heavy atom. The fraction of sp³-hybridized carbons (Fsp3) is 0.488. The standard InChI is InChI=1S/C41H46O21/c1-4-19-20-11-12-54-37(52)24(20)15-56-39(19)62-41-36(61-38(53)22-8-5-9-25(45)30(22)47)35(57-18(3)44)23(29(60-41)16-55-17(2)43)13-26(46)21-7-6-10-27(31(21)48)58-40-34(51)33(50)32(49)28(14-42)59-40/h4-10,15,19-20,23,28-29,32-36,39-42,45,47-51H,1,11-14,16H2,2-3H3. The monoisotopic (exact) mass is 874 g/mol. The molecule has 13 atom stereocenters. The molecule has 2 aromatic rings. The van der Waals surface area contributed by atoms with Crippen LogP contribution in [0.4, 0.5) is 0 Å². The van der Waals surface area contributed by atoms with Crippen LogP contribution in [-0.4, -0.2) is 147 Å². The summed E-state index contributed by atoms with van der Waals surface area (Å²) in [5.41, 5.74) is -0.732. The number of hydrogen-bond acceptors (Lipinski definition) is 21. The Balaban J connectivity index is 1.36. The lowest BCUT2D eigenvalue weighted by molar-refractivity contribution is -0.333. The molecule has 3 saturated heterocycles. The van der Waals surface area contributed by atoms with E-state index in [0.29, 0.717) is 6.42 Å². The summed E-state index contributed by atoms with van der Waals surface area (Å²) in [4.78, 5) is 65.6. The Hall–Kier alpha value is -5.81. The molecule has 0 saturated carbocycles. The minimum atomic E-state index is -1.87. The van der Waals surface area contributed by atoms with Gasteiger partial charge in [0.1, 0.15) is 48.8 Å². The van der Waals surface area contributed by atoms with Crippen LogP contribution in [0.25, 0.3) is 0 Å². The summed E-state index contributed by atoms with van der Waals surface area (Å²) in [6, 6.07) is 7.12. The van der Waals surface area contributed by atoms with Crippen LogP contribution in [0.3, 0.4) is 0 Å². The number of phenols is 3. The number of para-hydroxylation sites is 2. The van der Waals surface area contributed by atoms with E-state index in [9.17, 15) is 59.7 Å². The highest BCUT2D eigenvalue weighted by atomic mass is 16.8. The molecule has 6 rings (SSSR count). The van der Waals surface area contributed by atoms with Crippen molar-refractivity contribution in [3.05, 3.63) is 72.0 Å². The number of hydrogen-bond donors (Lipinski definition) is 7. The van der Waals surface area contributed by atoms with Crippen molar-refractivity contribution in [2.24, 2.45) is 17.8 Å². The molecule has 0 aromatic heterocycles. The molecule has 62 heavy (non-hydrogen) atoms. The fourth-order valence-electron chi connectivity index (χ4n) is 7.64. The lowest BCUT2D eigenvalue weighted by Gasteiger charge is -2.46. The Morgan fingerprint density at radius 3 is 2.24 bits per heavy atom. The normalized spacial score (nSPS) is 31.8. The van der Waals surface area contributed by atoms with E-state index in [1.54, 1.807) is 0 Å². The van der Waals surface area contributed by atoms with E-state index in [1.165, 1.54) is 30.3 Å². The van der Waals surface area contributed by atoms with Crippen molar-refractivity contribution in [2.75, 3.05) is 19.8 Å². The maximum absolute atomic E-state index is 14.2. The molecule has 13 unspecified atom stereocenters. The number of carbonyl (C=O) groups excluding carboxylic acids is 5. The summed E-state index contributed by atoms with van der Waals surface area (Å²) in [5, 5.41) is 72.5. The number of rotatable bonds is 14. The van der Waals surface area contributed by atoms with Gasteiger partial charge in [0, 0.05) is 38.0 Å². The number of cyclic esters (lactones) is 1. The number of aliphatic hydroxyl groups is 4. The highest BCUT2D eigenvalue weighted by Gasteiger charge is 2.54. The van der Waals surface area contributed by atoms with Gasteiger partial charge >= 0.3 is 23.9 Å². The second kappa shape index (κ2) is 19.5. The first-order valence-electron chi connectivity index (χ1n) is 19.3. The maximum atomic E-state index is 14.2. The van der Waals surface area contributed by atoms with E-state index in [-0.39, 0.29) is 12.2 Å². The molecule has 4 heterocycles. The van der Waals surface area contributed by atoms with Crippen molar-refractivity contribution >= 4 is 29.7 Å². The molecule has 0 bridgehead atoms. The van der Waals surface area contributed by atoms with Gasteiger partial charge in [0.05, 0.1) is 30.6 Å². The van der Waals surface area contributed by atoms with Gasteiger partial charge in [0.15, 0.2) is 34.9 Å². The predicted octanol–water partition coefficient (Wildman–Crippen LogP) is 0.239. The van der Waals surface area contributed by atoms with Crippen molar-refractivity contribution < 1.29 is 102 Å². The topological polar surface area (TPSA) is 310 Å². The molecule has 0 aliphatic carbocycles. The van der Waals surface area contributed by atoms with Crippen LogP contribution in [-0.2, 0) is 52.3 Å². The van der Waals surface area contributed by atoms with Crippen LogP contribution in [0.2, 0.25) is 0 Å². The summed E-state index contributed by atoms with van der Waals surface area (Å²) < 4.78 is 51.4. The van der Waals surface area contributed by atoms with E-state index in [0.717, 1.165) is 32.2 Å². The number of benzene rings is 2. The second-order valence-electron chi connectivity index (χ2n) is 14.8. The number of Topliss-reactive ketones (excluding diaryl/α,β-unsaturated/α-hetero) is 1. The average molecular weight is 875 g/mol. The molecule has 7 N–H and O–H groups in total. The first-order valence-corrected chi connectivity index (χ1v) is 19.3. The number of carbonyl (C=O) groups is 5. The maximum Gasteiger partial charge on any atom is 0.342 e. The first kappa shape index (κ1) is 45.7. The van der Waals surface area contributed by atoms with E-state index in [1.807, 2.05) is 0 Å². The van der Waals surface area contributed by atoms with Gasteiger partial charge in [0.2, 0.25) is 18.9 Å². The van der Waals surface area contributed by atoms with Crippen molar-refractivity contribution in [3.8, 4) is 23.0 Å². The largest absolute Gasteiger partial charge is 0.504 e. The zero-order valence-electron chi connectivity index (χ0n) is 33.2. The summed E-state index contributed by atoms with van der Waals surface area (Å²) in [6.07, 6.45) is -14.2. The van der Waals surface area contributed by atoms with Gasteiger partial charge in [-0.15, -0.1) is 6.58 Å². The van der Waals surface area contributed by atoms with Crippen LogP contribution in [0.1, 0.15) is 47.4 Å². The molecule has 2 aromatic carbocycles. The van der Waals surface area contributed by atoms with Gasteiger partial charge in [-0.3, -0.25) is 14.4 Å². The number of esters is 4. The molecule has 336 valence electrons. The van der Waals surface area contributed by atoms with Gasteiger partial charge < -0.3 is 78.4 Å². The Bertz CT molecular complexity index is 2050. The minimum absolute atomic E-state index is 0.0819. The third-order valence-corrected chi connectivity index (χ3v) is 10.8. The lowest BCUT2D eigenvalue weighted by Crippen LogP contribution is -2.60. The molecular formula is C41H46O21. The summed E-state index contributed by atoms with van der Waals surface area (Å²) in [5.74, 6) is -9.90. The minimum Gasteiger partial charge on any atom is -0.504 e. The predicted molar refractivity (Wildman–Crippen MR) is 202 cm³/mol. The number of aromatic hydroxyl groups is 3. The van der Waals surface area contributed by atoms with Gasteiger partial charge in [-0.05, 0) is 30.7 Å². The van der Waals surface area contributed by atoms with Crippen molar-refractivity contribution in [1.82, 2.24) is 0 Å². The van der Waals surface area contributed by atoms with E-state index >= 15 is 0 Å². The van der Waals surface area contributed by atoms with E-state index < -0.39 is 163 Å². The Labute approximate surface area is 352 Å². The zero-order valence-corrected chi connectivity index (χ0v) is 33.2. The summed E-state index contributed by atoms with van der Waals surface area (Å²) >= 11 is 0. The van der Waals surface area contributed by atoms with Crippen LogP contribution in [0, 0.1) is 17.8 Å². The molecule has 0 amide bonds. The Morgan fingerprint density at radius 2 is 1.55 bits per heavy atom. The van der Waals surface area contributed by atoms with Gasteiger partial charge in [-0.2, -0.15) is 0 Å². The molecule has 21 heteroatoms. The van der Waals surface area contributed by atoms with Crippen molar-refractivity contribution in [3.63, 3.8) is 0 Å². The third-order valence-electron chi connectivity index (χ3n) is 10.8. The lowest BCUT2D eigenvalue weighted by atomic mass is 9.80. The number of phenolic OH excluding ortho intramolecular Hbond substituents is 3. The number of fused-ring (bicyclic) bond motifs is 1. The van der Waals surface area contributed by atoms with Crippen molar-refractivity contribution in [2.45, 2.75) is 88.3 Å². The van der Waals surface area contributed by atoms with Crippen molar-refractivity contribution in [1.29, 1.82) is 0 Å². The number of ketones is 1. The van der Waals surface area contributed by atoms with Crippen LogP contribution in [0.5, 0.6) is 23.0 Å². The quantitative estimate of drug-likeness (QED) is 0.0439. The molecule has 21 nitrogen and oxygen atoms in total. The second-order valence-corrected chi connectivity index (χ2v) is 14.8. The summed E-state index contributed by atoms with van der Waals surface area (Å²) in [7, 11) is 0. The third kappa shape index (κ3) is 9.63. The first-order chi connectivity index (χ1) is 29.5. The molecule has 3 fully saturated rings. The van der Waals surface area contributed by atoms with Crippen LogP contribution < -0.4 is 4.74 Å². The Kier molecular flexibility index (Phi) is 14.4. The molecule has 4 aliphatic rings. The molecule has 4 aliphatic heterocycles. The molecule has 0 radical (unpaired) electrons. The average Bonchev–Trinajstić information content (AvgIpc) is 3.23. The SMILES string of the molecule is C=CC1C(OC2OC(COC(C)=O)C(CC(=O)c3cccc(OC4OC(CO)C(O)C(O)C4O)c3O)C(OC(C)=O)C2OC(=O)c2cccc(O)c2O)OC=C2C(=O)OCCC21. The zero-order chi connectivity index (χ0) is 45.0. The van der Waals surface area contributed by atoms with Gasteiger partial charge in [0.25, 0.3) is 0 Å². The number of ether oxygens (including phenoxy) is 9. The smallest absolute Gasteiger partial charge is 0.342 e. The van der Waals surface area contributed by atoms with Crippen LogP contribution >= 0.6 is 0 Å².